The summed E-state index contributed by atoms with van der Waals surface area (Å²) in [4.78, 5) is 14.2. The maximum atomic E-state index is 12.0. The molecule has 0 bridgehead atoms. The van der Waals surface area contributed by atoms with Crippen molar-refractivity contribution < 1.29 is 4.79 Å². The number of carbonyl (C=O) groups excluding carboxylic acids is 1. The van der Waals surface area contributed by atoms with Gasteiger partial charge in [0.15, 0.2) is 5.78 Å². The van der Waals surface area contributed by atoms with Gasteiger partial charge in [-0.3, -0.25) is 9.69 Å². The number of ketones is 1. The van der Waals surface area contributed by atoms with Crippen LogP contribution in [-0.4, -0.2) is 30.3 Å². The van der Waals surface area contributed by atoms with E-state index in [1.54, 1.807) is 0 Å². The molecule has 2 heteroatoms. The summed E-state index contributed by atoms with van der Waals surface area (Å²) in [5, 5.41) is 0. The Bertz CT molecular complexity index is 343. The fraction of sp³-hybridized carbons (Fsp3) is 0.500. The highest BCUT2D eigenvalue weighted by Gasteiger charge is 2.24. The maximum Gasteiger partial charge on any atom is 0.176 e. The van der Waals surface area contributed by atoms with Gasteiger partial charge < -0.3 is 0 Å². The van der Waals surface area contributed by atoms with Gasteiger partial charge in [-0.05, 0) is 25.3 Å². The Kier molecular flexibility index (Phi) is 3.73. The van der Waals surface area contributed by atoms with Crippen LogP contribution < -0.4 is 0 Å². The zero-order chi connectivity index (χ0) is 11.4. The van der Waals surface area contributed by atoms with Crippen LogP contribution in [0.5, 0.6) is 0 Å². The first-order valence-corrected chi connectivity index (χ1v) is 6.10. The van der Waals surface area contributed by atoms with Gasteiger partial charge in [-0.2, -0.15) is 0 Å². The highest BCUT2D eigenvalue weighted by Crippen LogP contribution is 2.29. The monoisotopic (exact) mass is 217 g/mol. The van der Waals surface area contributed by atoms with Crippen molar-refractivity contribution in [2.24, 2.45) is 5.92 Å². The number of rotatable bonds is 6. The van der Waals surface area contributed by atoms with Crippen molar-refractivity contribution in [2.45, 2.75) is 19.8 Å². The number of Topliss-reactive ketones (excluding diaryl/α,β-unsaturated/α-hetero) is 1. The summed E-state index contributed by atoms with van der Waals surface area (Å²) in [6, 6.07) is 9.58. The molecule has 1 saturated carbocycles. The maximum absolute atomic E-state index is 12.0. The van der Waals surface area contributed by atoms with Crippen molar-refractivity contribution >= 4 is 5.78 Å². The average Bonchev–Trinajstić information content (AvgIpc) is 3.13. The lowest BCUT2D eigenvalue weighted by Crippen LogP contribution is -2.31. The first kappa shape index (κ1) is 11.3. The summed E-state index contributed by atoms with van der Waals surface area (Å²) < 4.78 is 0. The highest BCUT2D eigenvalue weighted by molar-refractivity contribution is 5.97. The zero-order valence-electron chi connectivity index (χ0n) is 9.86. The summed E-state index contributed by atoms with van der Waals surface area (Å²) in [6.07, 6.45) is 2.69. The molecule has 0 N–H and O–H groups in total. The molecule has 0 unspecified atom stereocenters. The summed E-state index contributed by atoms with van der Waals surface area (Å²) in [5.74, 6) is 1.09. The van der Waals surface area contributed by atoms with E-state index in [-0.39, 0.29) is 5.78 Å². The third-order valence-corrected chi connectivity index (χ3v) is 3.12. The predicted molar refractivity (Wildman–Crippen MR) is 65.6 cm³/mol. The number of carbonyl (C=O) groups is 1. The fourth-order valence-corrected chi connectivity index (χ4v) is 1.89. The molecule has 0 amide bonds. The second-order valence-electron chi connectivity index (χ2n) is 4.56. The van der Waals surface area contributed by atoms with Crippen LogP contribution in [0, 0.1) is 5.92 Å². The lowest BCUT2D eigenvalue weighted by molar-refractivity contribution is 0.0931. The second-order valence-corrected chi connectivity index (χ2v) is 4.56. The van der Waals surface area contributed by atoms with Gasteiger partial charge in [0.25, 0.3) is 0 Å². The minimum atomic E-state index is 0.239. The van der Waals surface area contributed by atoms with E-state index in [0.29, 0.717) is 6.54 Å². The van der Waals surface area contributed by atoms with E-state index in [0.717, 1.165) is 24.6 Å². The van der Waals surface area contributed by atoms with E-state index < -0.39 is 0 Å². The first-order valence-electron chi connectivity index (χ1n) is 6.10. The van der Waals surface area contributed by atoms with Crippen molar-refractivity contribution in [2.75, 3.05) is 19.6 Å². The van der Waals surface area contributed by atoms with Crippen LogP contribution in [0.3, 0.4) is 0 Å². The van der Waals surface area contributed by atoms with Gasteiger partial charge in [-0.25, -0.2) is 0 Å². The van der Waals surface area contributed by atoms with E-state index in [2.05, 4.69) is 11.8 Å². The Labute approximate surface area is 97.3 Å². The minimum absolute atomic E-state index is 0.239. The van der Waals surface area contributed by atoms with E-state index in [9.17, 15) is 4.79 Å². The number of hydrogen-bond donors (Lipinski definition) is 0. The molecule has 0 aromatic heterocycles. The summed E-state index contributed by atoms with van der Waals surface area (Å²) >= 11 is 0. The molecule has 1 aromatic carbocycles. The zero-order valence-corrected chi connectivity index (χ0v) is 9.86. The largest absolute Gasteiger partial charge is 0.296 e. The van der Waals surface area contributed by atoms with Crippen LogP contribution in [0.2, 0.25) is 0 Å². The normalized spacial score (nSPS) is 15.4. The van der Waals surface area contributed by atoms with Gasteiger partial charge in [0.2, 0.25) is 0 Å². The molecule has 2 rings (SSSR count). The molecule has 0 atom stereocenters. The molecule has 0 aliphatic heterocycles. The van der Waals surface area contributed by atoms with E-state index >= 15 is 0 Å². The van der Waals surface area contributed by atoms with Crippen LogP contribution in [-0.2, 0) is 0 Å². The molecule has 1 aliphatic rings. The van der Waals surface area contributed by atoms with Gasteiger partial charge in [0.1, 0.15) is 0 Å². The SMILES string of the molecule is CCN(CC(=O)c1ccccc1)CC1CC1. The van der Waals surface area contributed by atoms with Crippen LogP contribution in [0.1, 0.15) is 30.1 Å². The molecule has 0 spiro atoms. The van der Waals surface area contributed by atoms with Crippen molar-refractivity contribution in [3.05, 3.63) is 35.9 Å². The van der Waals surface area contributed by atoms with E-state index in [4.69, 9.17) is 0 Å². The lowest BCUT2D eigenvalue weighted by Gasteiger charge is -2.19. The second kappa shape index (κ2) is 5.26. The number of nitrogens with zero attached hydrogens (tertiary/aromatic N) is 1. The third kappa shape index (κ3) is 3.17. The summed E-state index contributed by atoms with van der Waals surface area (Å²) in [5.41, 5.74) is 0.830. The topological polar surface area (TPSA) is 20.3 Å². The van der Waals surface area contributed by atoms with Crippen molar-refractivity contribution in [1.29, 1.82) is 0 Å². The van der Waals surface area contributed by atoms with Crippen molar-refractivity contribution in [3.8, 4) is 0 Å². The molecular formula is C14H19NO. The minimum Gasteiger partial charge on any atom is -0.296 e. The lowest BCUT2D eigenvalue weighted by atomic mass is 10.1. The molecule has 1 aromatic rings. The van der Waals surface area contributed by atoms with Gasteiger partial charge in [-0.15, -0.1) is 0 Å². The molecule has 86 valence electrons. The molecule has 1 aliphatic carbocycles. The van der Waals surface area contributed by atoms with Crippen LogP contribution >= 0.6 is 0 Å². The van der Waals surface area contributed by atoms with E-state index in [1.165, 1.54) is 12.8 Å². The van der Waals surface area contributed by atoms with E-state index in [1.807, 2.05) is 30.3 Å². The Balaban J connectivity index is 1.89. The van der Waals surface area contributed by atoms with Gasteiger partial charge in [0.05, 0.1) is 6.54 Å². The number of likely N-dealkylation sites (N-methyl/N-ethyl adjacent to an activating group) is 1. The molecule has 1 fully saturated rings. The molecule has 2 nitrogen and oxygen atoms in total. The molecule has 0 heterocycles. The number of benzene rings is 1. The van der Waals surface area contributed by atoms with Crippen LogP contribution in [0.15, 0.2) is 30.3 Å². The van der Waals surface area contributed by atoms with Crippen LogP contribution in [0.25, 0.3) is 0 Å². The van der Waals surface area contributed by atoms with Crippen molar-refractivity contribution in [1.82, 2.24) is 4.90 Å². The predicted octanol–water partition coefficient (Wildman–Crippen LogP) is 2.60. The molecule has 16 heavy (non-hydrogen) atoms. The van der Waals surface area contributed by atoms with Gasteiger partial charge in [0, 0.05) is 12.1 Å². The summed E-state index contributed by atoms with van der Waals surface area (Å²) in [7, 11) is 0. The standard InChI is InChI=1S/C14H19NO/c1-2-15(10-12-8-9-12)11-14(16)13-6-4-3-5-7-13/h3-7,12H,2,8-11H2,1H3. The van der Waals surface area contributed by atoms with Crippen LogP contribution in [0.4, 0.5) is 0 Å². The number of hydrogen-bond acceptors (Lipinski definition) is 2. The molecular weight excluding hydrogens is 198 g/mol. The smallest absolute Gasteiger partial charge is 0.176 e. The molecule has 0 saturated heterocycles. The molecule has 0 radical (unpaired) electrons. The average molecular weight is 217 g/mol. The van der Waals surface area contributed by atoms with Crippen molar-refractivity contribution in [3.63, 3.8) is 0 Å². The van der Waals surface area contributed by atoms with Gasteiger partial charge >= 0.3 is 0 Å². The Hall–Kier alpha value is -1.15. The van der Waals surface area contributed by atoms with Gasteiger partial charge in [-0.1, -0.05) is 37.3 Å². The fourth-order valence-electron chi connectivity index (χ4n) is 1.89. The third-order valence-electron chi connectivity index (χ3n) is 3.12. The first-order chi connectivity index (χ1) is 7.79. The Morgan fingerprint density at radius 3 is 2.56 bits per heavy atom. The quantitative estimate of drug-likeness (QED) is 0.683. The highest BCUT2D eigenvalue weighted by atomic mass is 16.1. The Morgan fingerprint density at radius 2 is 2.00 bits per heavy atom. The Morgan fingerprint density at radius 1 is 1.31 bits per heavy atom. The summed E-state index contributed by atoms with van der Waals surface area (Å²) in [6.45, 7) is 4.75.